The minimum Gasteiger partial charge on any atom is -0.493 e. The van der Waals surface area contributed by atoms with Crippen LogP contribution < -0.4 is 20.5 Å². The van der Waals surface area contributed by atoms with Gasteiger partial charge >= 0.3 is 0 Å². The van der Waals surface area contributed by atoms with Gasteiger partial charge in [-0.15, -0.1) is 0 Å². The fraction of sp³-hybridized carbons (Fsp3) is 0.381. The van der Waals surface area contributed by atoms with Gasteiger partial charge in [0.2, 0.25) is 5.91 Å². The summed E-state index contributed by atoms with van der Waals surface area (Å²) in [7, 11) is 1.48. The zero-order valence-corrected chi connectivity index (χ0v) is 16.3. The predicted molar refractivity (Wildman–Crippen MR) is 103 cm³/mol. The van der Waals surface area contributed by atoms with Gasteiger partial charge < -0.3 is 20.5 Å². The molecule has 0 aliphatic carbocycles. The van der Waals surface area contributed by atoms with Crippen LogP contribution in [0.1, 0.15) is 31.4 Å². The third kappa shape index (κ3) is 5.92. The van der Waals surface area contributed by atoms with Crippen molar-refractivity contribution in [2.45, 2.75) is 39.5 Å². The molecule has 0 radical (unpaired) electrons. The van der Waals surface area contributed by atoms with E-state index in [-0.39, 0.29) is 12.2 Å². The Balaban J connectivity index is 2.06. The standard InChI is InChI=1S/C21H26F2N2O3/c1-13(2)9-18(21(24)26)25-11-14-7-8-19(20(10-14)27-3)28-12-15-16(22)5-4-6-17(15)23/h4-8,10,13,18,25H,9,11-12H2,1-3H3,(H2,24,26). The second-order valence-electron chi connectivity index (χ2n) is 6.94. The van der Waals surface area contributed by atoms with Gasteiger partial charge in [-0.3, -0.25) is 4.79 Å². The SMILES string of the molecule is COc1cc(CNC(CC(C)C)C(N)=O)ccc1OCc1c(F)cccc1F. The van der Waals surface area contributed by atoms with Crippen molar-refractivity contribution in [3.8, 4) is 11.5 Å². The minimum atomic E-state index is -0.664. The molecule has 2 rings (SSSR count). The largest absolute Gasteiger partial charge is 0.493 e. The number of hydrogen-bond donors (Lipinski definition) is 2. The number of methoxy groups -OCH3 is 1. The van der Waals surface area contributed by atoms with Gasteiger partial charge in [0.15, 0.2) is 11.5 Å². The highest BCUT2D eigenvalue weighted by atomic mass is 19.1. The molecular weight excluding hydrogens is 366 g/mol. The van der Waals surface area contributed by atoms with Crippen molar-refractivity contribution in [1.82, 2.24) is 5.32 Å². The zero-order valence-electron chi connectivity index (χ0n) is 16.3. The third-order valence-electron chi connectivity index (χ3n) is 4.26. The molecule has 0 saturated heterocycles. The van der Waals surface area contributed by atoms with Gasteiger partial charge in [0.25, 0.3) is 0 Å². The first-order valence-electron chi connectivity index (χ1n) is 9.07. The number of hydrogen-bond acceptors (Lipinski definition) is 4. The molecule has 152 valence electrons. The predicted octanol–water partition coefficient (Wildman–Crippen LogP) is 3.54. The van der Waals surface area contributed by atoms with Gasteiger partial charge in [0.05, 0.1) is 18.7 Å². The van der Waals surface area contributed by atoms with Gasteiger partial charge in [-0.25, -0.2) is 8.78 Å². The zero-order chi connectivity index (χ0) is 20.7. The highest BCUT2D eigenvalue weighted by molar-refractivity contribution is 5.79. The summed E-state index contributed by atoms with van der Waals surface area (Å²) in [5, 5.41) is 3.14. The highest BCUT2D eigenvalue weighted by Crippen LogP contribution is 2.29. The van der Waals surface area contributed by atoms with Gasteiger partial charge in [-0.2, -0.15) is 0 Å². The summed E-state index contributed by atoms with van der Waals surface area (Å²) >= 11 is 0. The van der Waals surface area contributed by atoms with E-state index < -0.39 is 23.6 Å². The molecule has 2 aromatic rings. The Morgan fingerprint density at radius 2 is 1.82 bits per heavy atom. The molecule has 0 aliphatic heterocycles. The van der Waals surface area contributed by atoms with E-state index in [9.17, 15) is 13.6 Å². The molecular formula is C21H26F2N2O3. The number of benzene rings is 2. The van der Waals surface area contributed by atoms with Gasteiger partial charge in [-0.05, 0) is 42.2 Å². The van der Waals surface area contributed by atoms with Crippen LogP contribution >= 0.6 is 0 Å². The lowest BCUT2D eigenvalue weighted by Gasteiger charge is -2.18. The summed E-state index contributed by atoms with van der Waals surface area (Å²) in [6.07, 6.45) is 0.641. The molecule has 7 heteroatoms. The number of amides is 1. The second-order valence-corrected chi connectivity index (χ2v) is 6.94. The number of rotatable bonds is 10. The third-order valence-corrected chi connectivity index (χ3v) is 4.26. The molecule has 0 saturated carbocycles. The van der Waals surface area contributed by atoms with E-state index in [1.807, 2.05) is 13.8 Å². The van der Waals surface area contributed by atoms with Crippen molar-refractivity contribution in [3.05, 3.63) is 59.2 Å². The fourth-order valence-corrected chi connectivity index (χ4v) is 2.77. The maximum atomic E-state index is 13.7. The first kappa shape index (κ1) is 21.6. The highest BCUT2D eigenvalue weighted by Gasteiger charge is 2.17. The molecule has 0 bridgehead atoms. The van der Waals surface area contributed by atoms with Crippen LogP contribution in [0.5, 0.6) is 11.5 Å². The summed E-state index contributed by atoms with van der Waals surface area (Å²) in [6.45, 7) is 4.19. The van der Waals surface area contributed by atoms with Crippen molar-refractivity contribution in [1.29, 1.82) is 0 Å². The maximum Gasteiger partial charge on any atom is 0.234 e. The van der Waals surface area contributed by atoms with Crippen LogP contribution in [0.15, 0.2) is 36.4 Å². The quantitative estimate of drug-likeness (QED) is 0.649. The van der Waals surface area contributed by atoms with Crippen LogP contribution in [0.25, 0.3) is 0 Å². The van der Waals surface area contributed by atoms with Gasteiger partial charge in [0.1, 0.15) is 18.2 Å². The molecule has 1 atom stereocenters. The normalized spacial score (nSPS) is 12.1. The molecule has 0 spiro atoms. The number of halogens is 2. The average molecular weight is 392 g/mol. The van der Waals surface area contributed by atoms with Crippen molar-refractivity contribution in [2.24, 2.45) is 11.7 Å². The molecule has 28 heavy (non-hydrogen) atoms. The molecule has 0 aromatic heterocycles. The minimum absolute atomic E-state index is 0.145. The van der Waals surface area contributed by atoms with Crippen molar-refractivity contribution < 1.29 is 23.0 Å². The van der Waals surface area contributed by atoms with Crippen LogP contribution in [-0.4, -0.2) is 19.1 Å². The van der Waals surface area contributed by atoms with Crippen molar-refractivity contribution in [2.75, 3.05) is 7.11 Å². The lowest BCUT2D eigenvalue weighted by Crippen LogP contribution is -2.41. The van der Waals surface area contributed by atoms with E-state index in [0.717, 1.165) is 5.56 Å². The Hall–Kier alpha value is -2.67. The van der Waals surface area contributed by atoms with Crippen LogP contribution in [-0.2, 0) is 17.9 Å². The molecule has 1 unspecified atom stereocenters. The van der Waals surface area contributed by atoms with Crippen LogP contribution in [0.2, 0.25) is 0 Å². The van der Waals surface area contributed by atoms with Crippen molar-refractivity contribution >= 4 is 5.91 Å². The number of ether oxygens (including phenoxy) is 2. The summed E-state index contributed by atoms with van der Waals surface area (Å²) in [5.41, 5.74) is 6.15. The van der Waals surface area contributed by atoms with Crippen LogP contribution in [0.3, 0.4) is 0 Å². The smallest absolute Gasteiger partial charge is 0.234 e. The Kier molecular flexibility index (Phi) is 7.75. The Morgan fingerprint density at radius 3 is 2.39 bits per heavy atom. The first-order chi connectivity index (χ1) is 13.3. The van der Waals surface area contributed by atoms with Gasteiger partial charge in [0, 0.05) is 6.54 Å². The summed E-state index contributed by atoms with van der Waals surface area (Å²) in [5.74, 6) is -0.607. The second kappa shape index (κ2) is 10.0. The molecule has 0 fully saturated rings. The average Bonchev–Trinajstić information content (AvgIpc) is 2.64. The number of nitrogens with two attached hydrogens (primary N) is 1. The molecule has 0 aliphatic rings. The van der Waals surface area contributed by atoms with E-state index in [4.69, 9.17) is 15.2 Å². The molecule has 0 heterocycles. The monoisotopic (exact) mass is 392 g/mol. The van der Waals surface area contributed by atoms with Crippen LogP contribution in [0.4, 0.5) is 8.78 Å². The van der Waals surface area contributed by atoms with Crippen LogP contribution in [0, 0.1) is 17.6 Å². The summed E-state index contributed by atoms with van der Waals surface area (Å²) in [6, 6.07) is 8.43. The number of nitrogens with one attached hydrogen (secondary N) is 1. The summed E-state index contributed by atoms with van der Waals surface area (Å²) < 4.78 is 38.3. The van der Waals surface area contributed by atoms with Gasteiger partial charge in [-0.1, -0.05) is 26.0 Å². The van der Waals surface area contributed by atoms with E-state index in [2.05, 4.69) is 5.32 Å². The Labute approximate surface area is 163 Å². The first-order valence-corrected chi connectivity index (χ1v) is 9.07. The molecule has 2 aromatic carbocycles. The van der Waals surface area contributed by atoms with E-state index in [1.54, 1.807) is 18.2 Å². The number of carbonyl (C=O) groups excluding carboxylic acids is 1. The number of primary amides is 1. The Morgan fingerprint density at radius 1 is 1.14 bits per heavy atom. The molecule has 5 nitrogen and oxygen atoms in total. The molecule has 1 amide bonds. The summed E-state index contributed by atoms with van der Waals surface area (Å²) in [4.78, 5) is 11.6. The number of carbonyl (C=O) groups is 1. The Bertz CT molecular complexity index is 792. The lowest BCUT2D eigenvalue weighted by molar-refractivity contribution is -0.120. The van der Waals surface area contributed by atoms with E-state index in [1.165, 1.54) is 25.3 Å². The molecule has 3 N–H and O–H groups in total. The fourth-order valence-electron chi connectivity index (χ4n) is 2.77. The lowest BCUT2D eigenvalue weighted by atomic mass is 10.0. The topological polar surface area (TPSA) is 73.6 Å². The van der Waals surface area contributed by atoms with E-state index in [0.29, 0.717) is 30.4 Å². The van der Waals surface area contributed by atoms with E-state index >= 15 is 0 Å². The maximum absolute atomic E-state index is 13.7. The van der Waals surface area contributed by atoms with Crippen molar-refractivity contribution in [3.63, 3.8) is 0 Å².